The van der Waals surface area contributed by atoms with Crippen molar-refractivity contribution < 1.29 is 4.74 Å². The van der Waals surface area contributed by atoms with Crippen LogP contribution in [-0.2, 0) is 4.74 Å². The fourth-order valence-electron chi connectivity index (χ4n) is 2.99. The first kappa shape index (κ1) is 13.3. The van der Waals surface area contributed by atoms with Gasteiger partial charge in [0.1, 0.15) is 0 Å². The van der Waals surface area contributed by atoms with Crippen molar-refractivity contribution in [1.29, 1.82) is 0 Å². The number of nitrogens with zero attached hydrogens (tertiary/aromatic N) is 2. The normalized spacial score (nSPS) is 27.0. The Kier molecular flexibility index (Phi) is 4.79. The van der Waals surface area contributed by atoms with Gasteiger partial charge in [0.15, 0.2) is 0 Å². The molecule has 0 aromatic heterocycles. The van der Waals surface area contributed by atoms with Gasteiger partial charge in [-0.05, 0) is 18.8 Å². The number of methoxy groups -OCH3 is 1. The van der Waals surface area contributed by atoms with Gasteiger partial charge in [-0.3, -0.25) is 9.80 Å². The van der Waals surface area contributed by atoms with Crippen LogP contribution in [0.2, 0.25) is 0 Å². The maximum Gasteiger partial charge on any atom is 0.0503 e. The molecule has 0 spiro atoms. The van der Waals surface area contributed by atoms with Gasteiger partial charge in [0.25, 0.3) is 0 Å². The van der Waals surface area contributed by atoms with Gasteiger partial charge < -0.3 is 10.5 Å². The second-order valence-electron chi connectivity index (χ2n) is 5.54. The summed E-state index contributed by atoms with van der Waals surface area (Å²) in [6, 6.07) is 1.39. The minimum Gasteiger partial charge on any atom is -0.384 e. The zero-order chi connectivity index (χ0) is 12.3. The Morgan fingerprint density at radius 2 is 1.88 bits per heavy atom. The summed E-state index contributed by atoms with van der Waals surface area (Å²) >= 11 is 0. The van der Waals surface area contributed by atoms with E-state index in [0.717, 1.165) is 19.2 Å². The summed E-state index contributed by atoms with van der Waals surface area (Å²) in [5.41, 5.74) is 5.93. The van der Waals surface area contributed by atoms with Gasteiger partial charge in [-0.2, -0.15) is 0 Å². The monoisotopic (exact) mass is 241 g/mol. The van der Waals surface area contributed by atoms with Crippen LogP contribution in [-0.4, -0.2) is 68.3 Å². The molecule has 1 saturated carbocycles. The number of rotatable bonds is 6. The third-order valence-electron chi connectivity index (χ3n) is 4.21. The lowest BCUT2D eigenvalue weighted by molar-refractivity contribution is 0.0461. The van der Waals surface area contributed by atoms with E-state index in [2.05, 4.69) is 16.7 Å². The topological polar surface area (TPSA) is 41.7 Å². The summed E-state index contributed by atoms with van der Waals surface area (Å²) in [5, 5.41) is 0. The van der Waals surface area contributed by atoms with Crippen molar-refractivity contribution in [3.63, 3.8) is 0 Å². The van der Waals surface area contributed by atoms with Gasteiger partial charge in [-0.15, -0.1) is 0 Å². The van der Waals surface area contributed by atoms with Gasteiger partial charge in [-0.25, -0.2) is 0 Å². The van der Waals surface area contributed by atoms with Crippen LogP contribution in [0.15, 0.2) is 0 Å². The van der Waals surface area contributed by atoms with Gasteiger partial charge in [0, 0.05) is 51.9 Å². The van der Waals surface area contributed by atoms with Crippen molar-refractivity contribution >= 4 is 0 Å². The molecule has 2 rings (SSSR count). The molecule has 1 heterocycles. The van der Waals surface area contributed by atoms with Crippen molar-refractivity contribution in [2.75, 3.05) is 46.4 Å². The average molecular weight is 241 g/mol. The zero-order valence-corrected chi connectivity index (χ0v) is 11.3. The molecule has 2 aliphatic rings. The van der Waals surface area contributed by atoms with Gasteiger partial charge >= 0.3 is 0 Å². The number of hydrogen-bond donors (Lipinski definition) is 1. The number of ether oxygens (including phenoxy) is 1. The Labute approximate surface area is 105 Å². The predicted octanol–water partition coefficient (Wildman–Crippen LogP) is 0.376. The Morgan fingerprint density at radius 3 is 2.35 bits per heavy atom. The Bertz CT molecular complexity index is 225. The van der Waals surface area contributed by atoms with Gasteiger partial charge in [0.05, 0.1) is 6.61 Å². The van der Waals surface area contributed by atoms with Crippen molar-refractivity contribution in [2.24, 2.45) is 11.7 Å². The molecular weight excluding hydrogens is 214 g/mol. The van der Waals surface area contributed by atoms with Crippen LogP contribution in [0, 0.1) is 5.92 Å². The highest BCUT2D eigenvalue weighted by Gasteiger charge is 2.33. The van der Waals surface area contributed by atoms with E-state index in [1.54, 1.807) is 7.11 Å². The highest BCUT2D eigenvalue weighted by atomic mass is 16.5. The summed E-state index contributed by atoms with van der Waals surface area (Å²) in [4.78, 5) is 5.20. The summed E-state index contributed by atoms with van der Waals surface area (Å²) < 4.78 is 5.25. The molecule has 0 bridgehead atoms. The molecule has 4 nitrogen and oxygen atoms in total. The first-order valence-corrected chi connectivity index (χ1v) is 6.93. The van der Waals surface area contributed by atoms with E-state index in [1.165, 1.54) is 39.0 Å². The second-order valence-corrected chi connectivity index (χ2v) is 5.54. The third-order valence-corrected chi connectivity index (χ3v) is 4.21. The smallest absolute Gasteiger partial charge is 0.0503 e. The lowest BCUT2D eigenvalue weighted by Crippen LogP contribution is -2.55. The molecule has 1 aliphatic carbocycles. The standard InChI is InChI=1S/C13H27N3O/c1-11(10-17-2)13(9-14)16-7-5-15(6-8-16)12-3-4-12/h11-13H,3-10,14H2,1-2H3. The van der Waals surface area contributed by atoms with Crippen molar-refractivity contribution in [2.45, 2.75) is 31.8 Å². The number of hydrogen-bond acceptors (Lipinski definition) is 4. The minimum atomic E-state index is 0.483. The minimum absolute atomic E-state index is 0.483. The quantitative estimate of drug-likeness (QED) is 0.730. The molecule has 2 N–H and O–H groups in total. The zero-order valence-electron chi connectivity index (χ0n) is 11.3. The molecule has 2 unspecified atom stereocenters. The molecule has 0 aromatic rings. The molecule has 17 heavy (non-hydrogen) atoms. The van der Waals surface area contributed by atoms with Crippen LogP contribution in [0.25, 0.3) is 0 Å². The molecule has 2 fully saturated rings. The fraction of sp³-hybridized carbons (Fsp3) is 1.00. The highest BCUT2D eigenvalue weighted by molar-refractivity contribution is 4.89. The molecule has 1 aliphatic heterocycles. The van der Waals surface area contributed by atoms with E-state index in [9.17, 15) is 0 Å². The molecule has 4 heteroatoms. The summed E-state index contributed by atoms with van der Waals surface area (Å²) in [6.07, 6.45) is 2.83. The van der Waals surface area contributed by atoms with Crippen molar-refractivity contribution in [1.82, 2.24) is 9.80 Å². The molecular formula is C13H27N3O. The Balaban J connectivity index is 1.80. The SMILES string of the molecule is COCC(C)C(CN)N1CCN(C2CC2)CC1. The number of piperazine rings is 1. The van der Waals surface area contributed by atoms with E-state index in [0.29, 0.717) is 12.0 Å². The van der Waals surface area contributed by atoms with E-state index in [-0.39, 0.29) is 0 Å². The van der Waals surface area contributed by atoms with Crippen LogP contribution < -0.4 is 5.73 Å². The van der Waals surface area contributed by atoms with Crippen LogP contribution in [0.5, 0.6) is 0 Å². The average Bonchev–Trinajstić information content (AvgIpc) is 3.15. The van der Waals surface area contributed by atoms with Crippen LogP contribution in [0.3, 0.4) is 0 Å². The fourth-order valence-corrected chi connectivity index (χ4v) is 2.99. The maximum absolute atomic E-state index is 5.93. The Morgan fingerprint density at radius 1 is 1.24 bits per heavy atom. The molecule has 100 valence electrons. The summed E-state index contributed by atoms with van der Waals surface area (Å²) in [7, 11) is 1.77. The van der Waals surface area contributed by atoms with Gasteiger partial charge in [-0.1, -0.05) is 6.92 Å². The Hall–Kier alpha value is -0.160. The van der Waals surface area contributed by atoms with Gasteiger partial charge in [0.2, 0.25) is 0 Å². The molecule has 2 atom stereocenters. The third kappa shape index (κ3) is 3.41. The first-order valence-electron chi connectivity index (χ1n) is 6.93. The van der Waals surface area contributed by atoms with Crippen LogP contribution in [0.1, 0.15) is 19.8 Å². The summed E-state index contributed by atoms with van der Waals surface area (Å²) in [6.45, 7) is 8.59. The maximum atomic E-state index is 5.93. The molecule has 0 amide bonds. The van der Waals surface area contributed by atoms with Crippen molar-refractivity contribution in [3.05, 3.63) is 0 Å². The summed E-state index contributed by atoms with van der Waals surface area (Å²) in [5.74, 6) is 0.525. The first-order chi connectivity index (χ1) is 8.26. The molecule has 0 aromatic carbocycles. The predicted molar refractivity (Wildman–Crippen MR) is 70.1 cm³/mol. The molecule has 1 saturated heterocycles. The molecule has 0 radical (unpaired) electrons. The van der Waals surface area contributed by atoms with E-state index >= 15 is 0 Å². The lowest BCUT2D eigenvalue weighted by Gasteiger charge is -2.41. The van der Waals surface area contributed by atoms with Crippen LogP contribution in [0.4, 0.5) is 0 Å². The van der Waals surface area contributed by atoms with E-state index < -0.39 is 0 Å². The second kappa shape index (κ2) is 6.14. The lowest BCUT2D eigenvalue weighted by atomic mass is 10.0. The van der Waals surface area contributed by atoms with E-state index in [1.807, 2.05) is 0 Å². The van der Waals surface area contributed by atoms with Crippen LogP contribution >= 0.6 is 0 Å². The van der Waals surface area contributed by atoms with Crippen molar-refractivity contribution in [3.8, 4) is 0 Å². The van der Waals surface area contributed by atoms with E-state index in [4.69, 9.17) is 10.5 Å². The highest BCUT2D eigenvalue weighted by Crippen LogP contribution is 2.28. The number of nitrogens with two attached hydrogens (primary N) is 1. The largest absolute Gasteiger partial charge is 0.384 e.